The SMILES string of the molecule is CN(Cc1nccn1C)c1ccc(N)cc1Cl. The van der Waals surface area contributed by atoms with Crippen molar-refractivity contribution >= 4 is 23.0 Å². The van der Waals surface area contributed by atoms with Gasteiger partial charge < -0.3 is 15.2 Å². The summed E-state index contributed by atoms with van der Waals surface area (Å²) in [7, 11) is 3.95. The molecule has 17 heavy (non-hydrogen) atoms. The number of imidazole rings is 1. The summed E-state index contributed by atoms with van der Waals surface area (Å²) in [6.07, 6.45) is 3.71. The summed E-state index contributed by atoms with van der Waals surface area (Å²) in [6, 6.07) is 5.52. The van der Waals surface area contributed by atoms with Crippen LogP contribution in [0.2, 0.25) is 5.02 Å². The molecule has 0 saturated carbocycles. The second-order valence-electron chi connectivity index (χ2n) is 4.02. The van der Waals surface area contributed by atoms with Crippen LogP contribution >= 0.6 is 11.6 Å². The van der Waals surface area contributed by atoms with Crippen molar-refractivity contribution in [1.29, 1.82) is 0 Å². The first-order chi connectivity index (χ1) is 8.08. The van der Waals surface area contributed by atoms with Crippen LogP contribution in [0.4, 0.5) is 11.4 Å². The van der Waals surface area contributed by atoms with Gasteiger partial charge in [-0.25, -0.2) is 4.98 Å². The maximum Gasteiger partial charge on any atom is 0.127 e. The largest absolute Gasteiger partial charge is 0.399 e. The van der Waals surface area contributed by atoms with Crippen molar-refractivity contribution in [1.82, 2.24) is 9.55 Å². The molecule has 0 aliphatic heterocycles. The van der Waals surface area contributed by atoms with E-state index in [0.29, 0.717) is 17.3 Å². The highest BCUT2D eigenvalue weighted by molar-refractivity contribution is 6.33. The van der Waals surface area contributed by atoms with Gasteiger partial charge in [0.2, 0.25) is 0 Å². The van der Waals surface area contributed by atoms with Crippen LogP contribution in [-0.4, -0.2) is 16.6 Å². The van der Waals surface area contributed by atoms with Crippen LogP contribution in [0.5, 0.6) is 0 Å². The summed E-state index contributed by atoms with van der Waals surface area (Å²) in [5, 5.41) is 0.654. The van der Waals surface area contributed by atoms with E-state index < -0.39 is 0 Å². The Kier molecular flexibility index (Phi) is 3.24. The normalized spacial score (nSPS) is 10.5. The van der Waals surface area contributed by atoms with Crippen molar-refractivity contribution < 1.29 is 0 Å². The van der Waals surface area contributed by atoms with Crippen LogP contribution in [0.3, 0.4) is 0 Å². The molecular weight excluding hydrogens is 236 g/mol. The van der Waals surface area contributed by atoms with Gasteiger partial charge in [0.05, 0.1) is 17.3 Å². The van der Waals surface area contributed by atoms with Crippen LogP contribution in [0.15, 0.2) is 30.6 Å². The summed E-state index contributed by atoms with van der Waals surface area (Å²) in [5.74, 6) is 0.986. The van der Waals surface area contributed by atoms with Crippen LogP contribution in [0.1, 0.15) is 5.82 Å². The van der Waals surface area contributed by atoms with Gasteiger partial charge in [-0.15, -0.1) is 0 Å². The highest BCUT2D eigenvalue weighted by Crippen LogP contribution is 2.27. The first-order valence-corrected chi connectivity index (χ1v) is 5.68. The Morgan fingerprint density at radius 1 is 1.47 bits per heavy atom. The molecule has 0 aliphatic carbocycles. The first kappa shape index (κ1) is 11.8. The number of nitrogen functional groups attached to an aromatic ring is 1. The predicted octanol–water partition coefficient (Wildman–Crippen LogP) is 2.29. The van der Waals surface area contributed by atoms with Crippen molar-refractivity contribution in [2.75, 3.05) is 17.7 Å². The number of aryl methyl sites for hydroxylation is 1. The van der Waals surface area contributed by atoms with Gasteiger partial charge in [0.15, 0.2) is 0 Å². The van der Waals surface area contributed by atoms with Crippen LogP contribution in [0, 0.1) is 0 Å². The monoisotopic (exact) mass is 250 g/mol. The number of nitrogens with zero attached hydrogens (tertiary/aromatic N) is 3. The molecular formula is C12H15ClN4. The lowest BCUT2D eigenvalue weighted by molar-refractivity contribution is 0.762. The van der Waals surface area contributed by atoms with E-state index in [1.807, 2.05) is 41.9 Å². The third-order valence-electron chi connectivity index (χ3n) is 2.68. The third-order valence-corrected chi connectivity index (χ3v) is 2.99. The van der Waals surface area contributed by atoms with Crippen molar-refractivity contribution in [2.45, 2.75) is 6.54 Å². The maximum atomic E-state index is 6.16. The highest BCUT2D eigenvalue weighted by atomic mass is 35.5. The Hall–Kier alpha value is -1.68. The molecule has 4 nitrogen and oxygen atoms in total. The van der Waals surface area contributed by atoms with Gasteiger partial charge in [-0.05, 0) is 18.2 Å². The zero-order valence-corrected chi connectivity index (χ0v) is 10.6. The standard InChI is InChI=1S/C12H15ClN4/c1-16-6-5-15-12(16)8-17(2)11-4-3-9(14)7-10(11)13/h3-7H,8,14H2,1-2H3. The van der Waals surface area contributed by atoms with E-state index in [-0.39, 0.29) is 0 Å². The summed E-state index contributed by atoms with van der Waals surface area (Å²) in [4.78, 5) is 6.33. The molecule has 5 heteroatoms. The smallest absolute Gasteiger partial charge is 0.127 e. The van der Waals surface area contributed by atoms with E-state index in [0.717, 1.165) is 11.5 Å². The minimum atomic E-state index is 0.654. The number of nitrogens with two attached hydrogens (primary N) is 1. The van der Waals surface area contributed by atoms with Crippen molar-refractivity contribution in [3.63, 3.8) is 0 Å². The fraction of sp³-hybridized carbons (Fsp3) is 0.250. The molecule has 0 unspecified atom stereocenters. The fourth-order valence-corrected chi connectivity index (χ4v) is 2.01. The lowest BCUT2D eigenvalue weighted by Gasteiger charge is -2.20. The van der Waals surface area contributed by atoms with Gasteiger partial charge in [0.1, 0.15) is 5.82 Å². The Bertz CT molecular complexity index is 521. The minimum absolute atomic E-state index is 0.654. The molecule has 0 aliphatic rings. The molecule has 0 bridgehead atoms. The van der Waals surface area contributed by atoms with Crippen LogP contribution in [0.25, 0.3) is 0 Å². The van der Waals surface area contributed by atoms with E-state index in [4.69, 9.17) is 17.3 Å². The molecule has 0 amide bonds. The van der Waals surface area contributed by atoms with Crippen molar-refractivity contribution in [3.05, 3.63) is 41.4 Å². The average Bonchev–Trinajstić information content (AvgIpc) is 2.64. The molecule has 1 aromatic carbocycles. The lowest BCUT2D eigenvalue weighted by atomic mass is 10.2. The molecule has 0 atom stereocenters. The molecule has 0 fully saturated rings. The number of hydrogen-bond donors (Lipinski definition) is 1. The number of benzene rings is 1. The van der Waals surface area contributed by atoms with Gasteiger partial charge in [0, 0.05) is 32.2 Å². The summed E-state index contributed by atoms with van der Waals surface area (Å²) in [6.45, 7) is 0.702. The van der Waals surface area contributed by atoms with Gasteiger partial charge in [0.25, 0.3) is 0 Å². The van der Waals surface area contributed by atoms with Gasteiger partial charge in [-0.3, -0.25) is 0 Å². The number of rotatable bonds is 3. The molecule has 1 aromatic heterocycles. The second-order valence-corrected chi connectivity index (χ2v) is 4.43. The molecule has 0 spiro atoms. The predicted molar refractivity (Wildman–Crippen MR) is 71.2 cm³/mol. The zero-order valence-electron chi connectivity index (χ0n) is 9.89. The van der Waals surface area contributed by atoms with Crippen LogP contribution < -0.4 is 10.6 Å². The van der Waals surface area contributed by atoms with Gasteiger partial charge in [-0.2, -0.15) is 0 Å². The van der Waals surface area contributed by atoms with Crippen molar-refractivity contribution in [2.24, 2.45) is 7.05 Å². The van der Waals surface area contributed by atoms with E-state index in [1.54, 1.807) is 12.3 Å². The van der Waals surface area contributed by atoms with E-state index in [2.05, 4.69) is 4.98 Å². The molecule has 2 N–H and O–H groups in total. The third kappa shape index (κ3) is 2.53. The maximum absolute atomic E-state index is 6.16. The molecule has 2 rings (SSSR count). The molecule has 1 heterocycles. The van der Waals surface area contributed by atoms with Crippen molar-refractivity contribution in [3.8, 4) is 0 Å². The number of halogens is 1. The van der Waals surface area contributed by atoms with E-state index in [1.165, 1.54) is 0 Å². The number of anilines is 2. The quantitative estimate of drug-likeness (QED) is 0.851. The summed E-state index contributed by atoms with van der Waals surface area (Å²) in [5.41, 5.74) is 7.29. The topological polar surface area (TPSA) is 47.1 Å². The second kappa shape index (κ2) is 4.67. The molecule has 90 valence electrons. The molecule has 0 radical (unpaired) electrons. The Morgan fingerprint density at radius 3 is 2.82 bits per heavy atom. The van der Waals surface area contributed by atoms with E-state index in [9.17, 15) is 0 Å². The Balaban J connectivity index is 2.20. The fourth-order valence-electron chi connectivity index (χ4n) is 1.68. The van der Waals surface area contributed by atoms with Crippen LogP contribution in [-0.2, 0) is 13.6 Å². The molecule has 0 saturated heterocycles. The average molecular weight is 251 g/mol. The zero-order chi connectivity index (χ0) is 12.4. The highest BCUT2D eigenvalue weighted by Gasteiger charge is 2.09. The summed E-state index contributed by atoms with van der Waals surface area (Å²) >= 11 is 6.16. The summed E-state index contributed by atoms with van der Waals surface area (Å²) < 4.78 is 1.99. The Morgan fingerprint density at radius 2 is 2.24 bits per heavy atom. The number of aromatic nitrogens is 2. The lowest BCUT2D eigenvalue weighted by Crippen LogP contribution is -2.19. The van der Waals surface area contributed by atoms with Gasteiger partial charge >= 0.3 is 0 Å². The van der Waals surface area contributed by atoms with E-state index >= 15 is 0 Å². The number of hydrogen-bond acceptors (Lipinski definition) is 3. The Labute approximate surface area is 106 Å². The van der Waals surface area contributed by atoms with Gasteiger partial charge in [-0.1, -0.05) is 11.6 Å². The minimum Gasteiger partial charge on any atom is -0.399 e. The first-order valence-electron chi connectivity index (χ1n) is 5.30. The molecule has 2 aromatic rings.